The summed E-state index contributed by atoms with van der Waals surface area (Å²) in [5, 5.41) is 0. The first-order chi connectivity index (χ1) is 7.68. The molecule has 1 aromatic rings. The van der Waals surface area contributed by atoms with E-state index in [1.165, 1.54) is 33.5 Å². The lowest BCUT2D eigenvalue weighted by molar-refractivity contribution is 1.25. The van der Waals surface area contributed by atoms with Crippen molar-refractivity contribution in [3.05, 3.63) is 46.5 Å². The largest absolute Gasteiger partial charge is 0.252 e. The summed E-state index contributed by atoms with van der Waals surface area (Å²) in [5.74, 6) is 0. The highest BCUT2D eigenvalue weighted by molar-refractivity contribution is 6.30. The molecule has 0 saturated heterocycles. The Balaban J connectivity index is 2.32. The summed E-state index contributed by atoms with van der Waals surface area (Å²) in [6, 6.07) is 2.21. The number of aliphatic imine (C=N–C) groups is 1. The molecular weight excluding hydrogens is 194 g/mol. The predicted octanol–water partition coefficient (Wildman–Crippen LogP) is 4.04. The van der Waals surface area contributed by atoms with Gasteiger partial charge in [-0.15, -0.1) is 0 Å². The smallest absolute Gasteiger partial charge is 0.0717 e. The number of hydrogen-bond acceptors (Lipinski definition) is 1. The monoisotopic (exact) mass is 209 g/mol. The second-order valence-electron chi connectivity index (χ2n) is 4.61. The van der Waals surface area contributed by atoms with Crippen LogP contribution in [0.3, 0.4) is 0 Å². The molecule has 1 heterocycles. The van der Waals surface area contributed by atoms with Crippen LogP contribution in [0, 0.1) is 20.8 Å². The second-order valence-corrected chi connectivity index (χ2v) is 4.61. The van der Waals surface area contributed by atoms with E-state index in [2.05, 4.69) is 45.1 Å². The van der Waals surface area contributed by atoms with Gasteiger partial charge in [-0.05, 0) is 43.5 Å². The quantitative estimate of drug-likeness (QED) is 0.611. The third-order valence-corrected chi connectivity index (χ3v) is 3.68. The van der Waals surface area contributed by atoms with Gasteiger partial charge in [0.05, 0.1) is 11.4 Å². The second kappa shape index (κ2) is 3.18. The number of fused-ring (bicyclic) bond motifs is 3. The van der Waals surface area contributed by atoms with E-state index >= 15 is 0 Å². The van der Waals surface area contributed by atoms with E-state index in [-0.39, 0.29) is 0 Å². The fourth-order valence-electron chi connectivity index (χ4n) is 2.52. The number of nitrogens with zero attached hydrogens (tertiary/aromatic N) is 1. The average Bonchev–Trinajstić information content (AvgIpc) is 2.64. The van der Waals surface area contributed by atoms with Crippen molar-refractivity contribution in [2.75, 3.05) is 0 Å². The highest BCUT2D eigenvalue weighted by Gasteiger charge is 2.24. The van der Waals surface area contributed by atoms with Gasteiger partial charge in [0.25, 0.3) is 0 Å². The van der Waals surface area contributed by atoms with Crippen LogP contribution in [0.4, 0.5) is 5.69 Å². The molecule has 2 aliphatic rings. The first-order valence-electron chi connectivity index (χ1n) is 5.74. The Kier molecular flexibility index (Phi) is 1.90. The van der Waals surface area contributed by atoms with Crippen LogP contribution in [-0.4, -0.2) is 5.71 Å². The van der Waals surface area contributed by atoms with Gasteiger partial charge >= 0.3 is 0 Å². The van der Waals surface area contributed by atoms with Crippen molar-refractivity contribution >= 4 is 17.0 Å². The summed E-state index contributed by atoms with van der Waals surface area (Å²) >= 11 is 0. The van der Waals surface area contributed by atoms with Crippen molar-refractivity contribution in [1.82, 2.24) is 0 Å². The first-order valence-corrected chi connectivity index (χ1v) is 5.74. The molecule has 1 aliphatic heterocycles. The lowest BCUT2D eigenvalue weighted by Crippen LogP contribution is -2.00. The minimum atomic E-state index is 0.970. The number of benzene rings is 1. The van der Waals surface area contributed by atoms with E-state index in [1.807, 2.05) is 0 Å². The molecule has 0 amide bonds. The molecule has 1 heteroatoms. The van der Waals surface area contributed by atoms with E-state index in [0.717, 1.165) is 12.1 Å². The van der Waals surface area contributed by atoms with Gasteiger partial charge < -0.3 is 0 Å². The third-order valence-electron chi connectivity index (χ3n) is 3.68. The topological polar surface area (TPSA) is 12.4 Å². The van der Waals surface area contributed by atoms with E-state index in [1.54, 1.807) is 0 Å². The SMILES string of the molecule is Cc1cc2c(c(C)c1C)C1=CC=CCC1=N2. The highest BCUT2D eigenvalue weighted by Crippen LogP contribution is 2.41. The average molecular weight is 209 g/mol. The molecule has 1 aliphatic carbocycles. The van der Waals surface area contributed by atoms with Crippen LogP contribution in [0.15, 0.2) is 29.3 Å². The lowest BCUT2D eigenvalue weighted by Gasteiger charge is -2.12. The van der Waals surface area contributed by atoms with E-state index < -0.39 is 0 Å². The van der Waals surface area contributed by atoms with Gasteiger partial charge in [0, 0.05) is 17.6 Å². The number of allylic oxidation sites excluding steroid dienone is 4. The van der Waals surface area contributed by atoms with Crippen LogP contribution in [-0.2, 0) is 0 Å². The molecule has 0 N–H and O–H groups in total. The summed E-state index contributed by atoms with van der Waals surface area (Å²) in [6.07, 6.45) is 7.47. The summed E-state index contributed by atoms with van der Waals surface area (Å²) in [5.41, 5.74) is 9.19. The van der Waals surface area contributed by atoms with Crippen molar-refractivity contribution < 1.29 is 0 Å². The van der Waals surface area contributed by atoms with Crippen LogP contribution in [0.5, 0.6) is 0 Å². The van der Waals surface area contributed by atoms with Gasteiger partial charge in [-0.25, -0.2) is 0 Å². The van der Waals surface area contributed by atoms with Crippen LogP contribution in [0.1, 0.15) is 28.7 Å². The van der Waals surface area contributed by atoms with Crippen molar-refractivity contribution in [3.8, 4) is 0 Å². The van der Waals surface area contributed by atoms with Gasteiger partial charge in [0.2, 0.25) is 0 Å². The molecule has 80 valence electrons. The minimum absolute atomic E-state index is 0.970. The minimum Gasteiger partial charge on any atom is -0.252 e. The van der Waals surface area contributed by atoms with Gasteiger partial charge in [0.1, 0.15) is 0 Å². The molecule has 0 spiro atoms. The zero-order valence-electron chi connectivity index (χ0n) is 9.96. The maximum atomic E-state index is 4.73. The molecule has 0 saturated carbocycles. The van der Waals surface area contributed by atoms with E-state index in [9.17, 15) is 0 Å². The first kappa shape index (κ1) is 9.59. The Morgan fingerprint density at radius 2 is 1.94 bits per heavy atom. The summed E-state index contributed by atoms with van der Waals surface area (Å²) in [6.45, 7) is 6.57. The van der Waals surface area contributed by atoms with Crippen molar-refractivity contribution in [3.63, 3.8) is 0 Å². The zero-order valence-corrected chi connectivity index (χ0v) is 9.96. The van der Waals surface area contributed by atoms with E-state index in [0.29, 0.717) is 0 Å². The standard InChI is InChI=1S/C15H15N/c1-9-8-14-15(11(3)10(9)2)12-6-4-5-7-13(12)16-14/h4-6,8H,7H2,1-3H3. The maximum Gasteiger partial charge on any atom is 0.0717 e. The third kappa shape index (κ3) is 1.15. The molecule has 16 heavy (non-hydrogen) atoms. The fraction of sp³-hybridized carbons (Fsp3) is 0.267. The van der Waals surface area contributed by atoms with E-state index in [4.69, 9.17) is 4.99 Å². The Bertz CT molecular complexity index is 572. The van der Waals surface area contributed by atoms with Gasteiger partial charge in [-0.1, -0.05) is 18.2 Å². The number of hydrogen-bond donors (Lipinski definition) is 0. The molecule has 0 atom stereocenters. The number of aryl methyl sites for hydroxylation is 1. The summed E-state index contributed by atoms with van der Waals surface area (Å²) < 4.78 is 0. The van der Waals surface area contributed by atoms with Crippen molar-refractivity contribution in [2.45, 2.75) is 27.2 Å². The maximum absolute atomic E-state index is 4.73. The molecule has 3 rings (SSSR count). The molecule has 0 aromatic heterocycles. The van der Waals surface area contributed by atoms with Crippen LogP contribution in [0.25, 0.3) is 5.57 Å². The van der Waals surface area contributed by atoms with Gasteiger partial charge in [-0.2, -0.15) is 0 Å². The molecule has 1 aromatic carbocycles. The van der Waals surface area contributed by atoms with Crippen LogP contribution < -0.4 is 0 Å². The molecule has 1 nitrogen and oxygen atoms in total. The summed E-state index contributed by atoms with van der Waals surface area (Å²) in [7, 11) is 0. The Morgan fingerprint density at radius 1 is 1.12 bits per heavy atom. The molecule has 0 bridgehead atoms. The summed E-state index contributed by atoms with van der Waals surface area (Å²) in [4.78, 5) is 4.73. The van der Waals surface area contributed by atoms with Crippen LogP contribution >= 0.6 is 0 Å². The van der Waals surface area contributed by atoms with Crippen molar-refractivity contribution in [1.29, 1.82) is 0 Å². The normalized spacial score (nSPS) is 16.7. The highest BCUT2D eigenvalue weighted by atomic mass is 14.8. The lowest BCUT2D eigenvalue weighted by atomic mass is 9.90. The molecule has 0 fully saturated rings. The zero-order chi connectivity index (χ0) is 11.3. The van der Waals surface area contributed by atoms with Crippen LogP contribution in [0.2, 0.25) is 0 Å². The Hall–Kier alpha value is -1.63. The predicted molar refractivity (Wildman–Crippen MR) is 69.5 cm³/mol. The molecule has 0 radical (unpaired) electrons. The fourth-order valence-corrected chi connectivity index (χ4v) is 2.52. The number of rotatable bonds is 0. The van der Waals surface area contributed by atoms with Gasteiger partial charge in [0.15, 0.2) is 0 Å². The molecular formula is C15H15N. The van der Waals surface area contributed by atoms with Crippen molar-refractivity contribution in [2.24, 2.45) is 4.99 Å². The Labute approximate surface area is 96.2 Å². The molecule has 0 unspecified atom stereocenters. The van der Waals surface area contributed by atoms with Gasteiger partial charge in [-0.3, -0.25) is 4.99 Å². The Morgan fingerprint density at radius 3 is 2.75 bits per heavy atom.